The summed E-state index contributed by atoms with van der Waals surface area (Å²) in [5, 5.41) is 11.1. The summed E-state index contributed by atoms with van der Waals surface area (Å²) in [6, 6.07) is 4.69. The van der Waals surface area contributed by atoms with Crippen LogP contribution in [0.3, 0.4) is 0 Å². The zero-order chi connectivity index (χ0) is 18.9. The van der Waals surface area contributed by atoms with E-state index in [-0.39, 0.29) is 11.6 Å². The summed E-state index contributed by atoms with van der Waals surface area (Å²) in [5.74, 6) is 2.72. The van der Waals surface area contributed by atoms with Gasteiger partial charge in [0.15, 0.2) is 5.84 Å². The van der Waals surface area contributed by atoms with Crippen LogP contribution in [0.5, 0.6) is 0 Å². The summed E-state index contributed by atoms with van der Waals surface area (Å²) < 4.78 is 0. The number of nitrogens with one attached hydrogen (secondary N) is 2. The maximum Gasteiger partial charge on any atom is 0.346 e. The van der Waals surface area contributed by atoms with Crippen molar-refractivity contribution in [1.82, 2.24) is 0 Å². The van der Waals surface area contributed by atoms with E-state index in [9.17, 15) is 9.59 Å². The number of aryl methyl sites for hydroxylation is 1. The molecule has 1 aliphatic rings. The average Bonchev–Trinajstić information content (AvgIpc) is 2.84. The molecule has 7 heteroatoms. The maximum atomic E-state index is 12.2. The van der Waals surface area contributed by atoms with Crippen molar-refractivity contribution >= 4 is 46.4 Å². The van der Waals surface area contributed by atoms with Crippen molar-refractivity contribution in [2.24, 2.45) is 9.98 Å². The highest BCUT2D eigenvalue weighted by atomic mass is 32.2. The molecule has 1 aliphatic heterocycles. The van der Waals surface area contributed by atoms with Crippen molar-refractivity contribution in [1.29, 1.82) is 5.41 Å². The van der Waals surface area contributed by atoms with Crippen LogP contribution in [0.25, 0.3) is 0 Å². The standard InChI is InChI=1S/C19H18N4O2S/c1-3-10-21-18(20)14-8-9-16(13(4-2)11-14)22-19(25)23-17-7-5-6-15(24)12-26-17/h1,5,7-11,20H,4,6,12H2,2H3,(H,22,25)/b20-18?,21-10?,23-17-. The van der Waals surface area contributed by atoms with E-state index in [2.05, 4.69) is 21.2 Å². The summed E-state index contributed by atoms with van der Waals surface area (Å²) >= 11 is 1.25. The number of carbonyl (C=O) groups excluding carboxylic acids is 2. The van der Waals surface area contributed by atoms with Crippen LogP contribution in [-0.4, -0.2) is 34.7 Å². The number of amidine groups is 1. The second kappa shape index (κ2) is 9.49. The van der Waals surface area contributed by atoms with Crippen molar-refractivity contribution in [3.05, 3.63) is 41.5 Å². The summed E-state index contributed by atoms with van der Waals surface area (Å²) in [7, 11) is 0. The number of terminal acetylenes is 1. The molecule has 0 saturated heterocycles. The van der Waals surface area contributed by atoms with Crippen LogP contribution in [0, 0.1) is 17.8 Å². The zero-order valence-corrected chi connectivity index (χ0v) is 15.1. The Hall–Kier alpha value is -2.98. The molecule has 0 saturated carbocycles. The van der Waals surface area contributed by atoms with E-state index in [0.717, 1.165) is 5.56 Å². The number of amides is 2. The fourth-order valence-electron chi connectivity index (χ4n) is 2.20. The van der Waals surface area contributed by atoms with Gasteiger partial charge in [-0.1, -0.05) is 30.7 Å². The minimum absolute atomic E-state index is 0.0560. The lowest BCUT2D eigenvalue weighted by molar-refractivity contribution is -0.115. The number of hydrogen-bond donors (Lipinski definition) is 2. The molecule has 0 unspecified atom stereocenters. The molecule has 1 aromatic carbocycles. The van der Waals surface area contributed by atoms with Crippen LogP contribution >= 0.6 is 11.8 Å². The van der Waals surface area contributed by atoms with Crippen molar-refractivity contribution in [3.63, 3.8) is 0 Å². The lowest BCUT2D eigenvalue weighted by Gasteiger charge is -2.10. The van der Waals surface area contributed by atoms with Crippen molar-refractivity contribution in [2.45, 2.75) is 19.8 Å². The van der Waals surface area contributed by atoms with Crippen molar-refractivity contribution in [3.8, 4) is 12.3 Å². The van der Waals surface area contributed by atoms with Gasteiger partial charge in [-0.25, -0.2) is 9.79 Å². The van der Waals surface area contributed by atoms with E-state index >= 15 is 0 Å². The van der Waals surface area contributed by atoms with Crippen LogP contribution in [0.2, 0.25) is 0 Å². The van der Waals surface area contributed by atoms with E-state index < -0.39 is 6.03 Å². The molecular weight excluding hydrogens is 348 g/mol. The van der Waals surface area contributed by atoms with Gasteiger partial charge < -0.3 is 5.32 Å². The van der Waals surface area contributed by atoms with Crippen molar-refractivity contribution in [2.75, 3.05) is 11.1 Å². The number of allylic oxidation sites excluding steroid dienone is 1. The Labute approximate surface area is 156 Å². The van der Waals surface area contributed by atoms with Crippen LogP contribution in [0.1, 0.15) is 24.5 Å². The number of carbonyl (C=O) groups is 2. The number of benzene rings is 1. The number of Topliss-reactive ketones (excluding diaryl/α,β-unsaturated/α-hetero) is 1. The van der Waals surface area contributed by atoms with Crippen LogP contribution < -0.4 is 5.32 Å². The van der Waals surface area contributed by atoms with Crippen molar-refractivity contribution < 1.29 is 9.59 Å². The number of rotatable bonds is 3. The highest BCUT2D eigenvalue weighted by Gasteiger charge is 2.11. The van der Waals surface area contributed by atoms with Gasteiger partial charge in [0.1, 0.15) is 10.8 Å². The van der Waals surface area contributed by atoms with Gasteiger partial charge in [0.25, 0.3) is 0 Å². The molecule has 6 nitrogen and oxygen atoms in total. The number of nitrogens with zero attached hydrogens (tertiary/aromatic N) is 2. The molecule has 0 bridgehead atoms. The first-order valence-corrected chi connectivity index (χ1v) is 8.93. The third kappa shape index (κ3) is 5.53. The molecule has 1 aromatic rings. The Bertz CT molecular complexity index is 863. The summed E-state index contributed by atoms with van der Waals surface area (Å²) in [4.78, 5) is 31.4. The Kier molecular flexibility index (Phi) is 7.06. The topological polar surface area (TPSA) is 94.7 Å². The SMILES string of the molecule is C#CC=NC(=N)c1ccc(NC(=O)/N=C2/C=CCC(=O)CS2)c(CC)c1. The molecular formula is C19H18N4O2S. The number of ketones is 1. The molecule has 0 atom stereocenters. The smallest absolute Gasteiger partial charge is 0.306 e. The highest BCUT2D eigenvalue weighted by Crippen LogP contribution is 2.20. The molecule has 2 amide bonds. The van der Waals surface area contributed by atoms with Gasteiger partial charge in [0.05, 0.1) is 12.0 Å². The third-order valence-corrected chi connectivity index (χ3v) is 4.46. The normalized spacial score (nSPS) is 15.7. The highest BCUT2D eigenvalue weighted by molar-refractivity contribution is 8.14. The fourth-order valence-corrected chi connectivity index (χ4v) is 2.96. The number of urea groups is 1. The molecule has 1 heterocycles. The average molecular weight is 366 g/mol. The van der Waals surface area contributed by atoms with Crippen LogP contribution in [-0.2, 0) is 11.2 Å². The van der Waals surface area contributed by atoms with Gasteiger partial charge in [0, 0.05) is 17.7 Å². The number of hydrogen-bond acceptors (Lipinski definition) is 4. The summed E-state index contributed by atoms with van der Waals surface area (Å²) in [6.45, 7) is 1.95. The Balaban J connectivity index is 2.14. The second-order valence-corrected chi connectivity index (χ2v) is 6.31. The summed E-state index contributed by atoms with van der Waals surface area (Å²) in [5.41, 5.74) is 2.09. The Morgan fingerprint density at radius 2 is 2.31 bits per heavy atom. The molecule has 132 valence electrons. The lowest BCUT2D eigenvalue weighted by atomic mass is 10.1. The summed E-state index contributed by atoms with van der Waals surface area (Å²) in [6.07, 6.45) is 10.7. The fraction of sp³-hybridized carbons (Fsp3) is 0.211. The number of aliphatic imine (C=N–C) groups is 2. The minimum Gasteiger partial charge on any atom is -0.306 e. The molecule has 0 spiro atoms. The maximum absolute atomic E-state index is 12.2. The van der Waals surface area contributed by atoms with E-state index in [1.807, 2.05) is 6.92 Å². The first-order valence-electron chi connectivity index (χ1n) is 7.94. The van der Waals surface area contributed by atoms with Gasteiger partial charge >= 0.3 is 6.03 Å². The number of thioether (sulfide) groups is 1. The lowest BCUT2D eigenvalue weighted by Crippen LogP contribution is -2.11. The number of anilines is 1. The van der Waals surface area contributed by atoms with E-state index in [1.165, 1.54) is 18.0 Å². The van der Waals surface area contributed by atoms with Crippen LogP contribution in [0.4, 0.5) is 10.5 Å². The van der Waals surface area contributed by atoms with E-state index in [4.69, 9.17) is 11.8 Å². The predicted molar refractivity (Wildman–Crippen MR) is 108 cm³/mol. The first-order chi connectivity index (χ1) is 12.5. The van der Waals surface area contributed by atoms with Crippen LogP contribution in [0.15, 0.2) is 40.3 Å². The molecule has 0 fully saturated rings. The quantitative estimate of drug-likeness (QED) is 0.487. The minimum atomic E-state index is -0.505. The van der Waals surface area contributed by atoms with Gasteiger partial charge in [0.2, 0.25) is 0 Å². The van der Waals surface area contributed by atoms with Gasteiger partial charge in [-0.05, 0) is 36.3 Å². The predicted octanol–water partition coefficient (Wildman–Crippen LogP) is 3.47. The molecule has 26 heavy (non-hydrogen) atoms. The second-order valence-electron chi connectivity index (χ2n) is 5.31. The zero-order valence-electron chi connectivity index (χ0n) is 14.3. The largest absolute Gasteiger partial charge is 0.346 e. The first kappa shape index (κ1) is 19.3. The molecule has 0 aromatic heterocycles. The molecule has 2 rings (SSSR count). The Morgan fingerprint density at radius 1 is 1.50 bits per heavy atom. The van der Waals surface area contributed by atoms with Gasteiger partial charge in [-0.2, -0.15) is 4.99 Å². The van der Waals surface area contributed by atoms with Gasteiger partial charge in [-0.15, -0.1) is 6.42 Å². The Morgan fingerprint density at radius 3 is 3.04 bits per heavy atom. The molecule has 0 radical (unpaired) electrons. The third-order valence-electron chi connectivity index (χ3n) is 3.47. The van der Waals surface area contributed by atoms with E-state index in [1.54, 1.807) is 30.4 Å². The van der Waals surface area contributed by atoms with E-state index in [0.29, 0.717) is 34.9 Å². The molecule has 0 aliphatic carbocycles. The molecule has 2 N–H and O–H groups in total. The monoisotopic (exact) mass is 366 g/mol. The van der Waals surface area contributed by atoms with Gasteiger partial charge in [-0.3, -0.25) is 10.2 Å².